The monoisotopic (exact) mass is 239 g/mol. The topological polar surface area (TPSA) is 61.7 Å². The second-order valence-corrected chi connectivity index (χ2v) is 4.44. The largest absolute Gasteiger partial charge is 0.494 e. The Balaban J connectivity index is 2.52. The molecular formula is C13H21NO3. The first-order valence-electron chi connectivity index (χ1n) is 5.82. The lowest BCUT2D eigenvalue weighted by atomic mass is 9.93. The van der Waals surface area contributed by atoms with Gasteiger partial charge in [0, 0.05) is 17.6 Å². The Morgan fingerprint density at radius 1 is 1.18 bits per heavy atom. The predicted molar refractivity (Wildman–Crippen MR) is 68.4 cm³/mol. The molecule has 3 N–H and O–H groups in total. The van der Waals surface area contributed by atoms with Crippen LogP contribution in [0.1, 0.15) is 13.8 Å². The molecule has 0 aliphatic rings. The zero-order valence-corrected chi connectivity index (χ0v) is 10.4. The highest BCUT2D eigenvalue weighted by Gasteiger charge is 2.21. The van der Waals surface area contributed by atoms with E-state index in [2.05, 4.69) is 5.32 Å². The number of nitrogens with one attached hydrogen (secondary N) is 1. The van der Waals surface area contributed by atoms with Gasteiger partial charge in [-0.3, -0.25) is 0 Å². The Bertz CT molecular complexity index is 320. The molecule has 4 nitrogen and oxygen atoms in total. The lowest BCUT2D eigenvalue weighted by Crippen LogP contribution is -2.33. The molecule has 96 valence electrons. The molecular weight excluding hydrogens is 218 g/mol. The standard InChI is InChI=1S/C13H21NO3/c1-3-17-12-6-4-11(5-7-12)14-8-13(2,9-15)10-16/h4-7,14-16H,3,8-10H2,1-2H3. The Kier molecular flexibility index (Phi) is 5.25. The first-order valence-corrected chi connectivity index (χ1v) is 5.82. The molecule has 0 aromatic heterocycles. The van der Waals surface area contributed by atoms with E-state index >= 15 is 0 Å². The lowest BCUT2D eigenvalue weighted by molar-refractivity contribution is 0.0806. The fraction of sp³-hybridized carbons (Fsp3) is 0.538. The summed E-state index contributed by atoms with van der Waals surface area (Å²) in [6.45, 7) is 4.85. The zero-order chi connectivity index (χ0) is 12.7. The van der Waals surface area contributed by atoms with E-state index in [-0.39, 0.29) is 13.2 Å². The van der Waals surface area contributed by atoms with Gasteiger partial charge in [-0.15, -0.1) is 0 Å². The van der Waals surface area contributed by atoms with Gasteiger partial charge in [-0.05, 0) is 31.2 Å². The highest BCUT2D eigenvalue weighted by molar-refractivity contribution is 5.46. The van der Waals surface area contributed by atoms with Crippen LogP contribution in [0.4, 0.5) is 5.69 Å². The molecule has 0 aliphatic heterocycles. The van der Waals surface area contributed by atoms with E-state index in [1.807, 2.05) is 38.1 Å². The van der Waals surface area contributed by atoms with Crippen molar-refractivity contribution < 1.29 is 14.9 Å². The number of hydrogen-bond donors (Lipinski definition) is 3. The Labute approximate surface area is 102 Å². The molecule has 0 fully saturated rings. The number of rotatable bonds is 7. The summed E-state index contributed by atoms with van der Waals surface area (Å²) < 4.78 is 5.34. The van der Waals surface area contributed by atoms with E-state index in [4.69, 9.17) is 14.9 Å². The van der Waals surface area contributed by atoms with Crippen molar-refractivity contribution in [2.75, 3.05) is 31.7 Å². The van der Waals surface area contributed by atoms with Crippen LogP contribution in [0.5, 0.6) is 5.75 Å². The van der Waals surface area contributed by atoms with Crippen LogP contribution in [-0.2, 0) is 0 Å². The van der Waals surface area contributed by atoms with Gasteiger partial charge in [0.2, 0.25) is 0 Å². The highest BCUT2D eigenvalue weighted by atomic mass is 16.5. The van der Waals surface area contributed by atoms with Gasteiger partial charge >= 0.3 is 0 Å². The Morgan fingerprint density at radius 2 is 1.76 bits per heavy atom. The average Bonchev–Trinajstić information content (AvgIpc) is 2.38. The third-order valence-corrected chi connectivity index (χ3v) is 2.65. The van der Waals surface area contributed by atoms with Crippen molar-refractivity contribution in [3.8, 4) is 5.75 Å². The van der Waals surface area contributed by atoms with Gasteiger partial charge in [-0.1, -0.05) is 6.92 Å². The minimum atomic E-state index is -0.501. The smallest absolute Gasteiger partial charge is 0.119 e. The maximum Gasteiger partial charge on any atom is 0.119 e. The van der Waals surface area contributed by atoms with E-state index in [0.717, 1.165) is 11.4 Å². The summed E-state index contributed by atoms with van der Waals surface area (Å²) in [5, 5.41) is 21.5. The third kappa shape index (κ3) is 4.24. The third-order valence-electron chi connectivity index (χ3n) is 2.65. The van der Waals surface area contributed by atoms with Crippen LogP contribution in [0.25, 0.3) is 0 Å². The van der Waals surface area contributed by atoms with Crippen molar-refractivity contribution >= 4 is 5.69 Å². The van der Waals surface area contributed by atoms with Gasteiger partial charge < -0.3 is 20.3 Å². The normalized spacial score (nSPS) is 11.3. The van der Waals surface area contributed by atoms with Crippen molar-refractivity contribution in [3.05, 3.63) is 24.3 Å². The molecule has 0 saturated heterocycles. The van der Waals surface area contributed by atoms with Crippen molar-refractivity contribution in [3.63, 3.8) is 0 Å². The molecule has 0 aliphatic carbocycles. The summed E-state index contributed by atoms with van der Waals surface area (Å²) in [7, 11) is 0. The minimum absolute atomic E-state index is 0.0481. The molecule has 0 unspecified atom stereocenters. The van der Waals surface area contributed by atoms with Crippen molar-refractivity contribution in [1.82, 2.24) is 0 Å². The molecule has 0 radical (unpaired) electrons. The molecule has 0 amide bonds. The summed E-state index contributed by atoms with van der Waals surface area (Å²) >= 11 is 0. The number of ether oxygens (including phenoxy) is 1. The number of benzene rings is 1. The summed E-state index contributed by atoms with van der Waals surface area (Å²) in [4.78, 5) is 0. The quantitative estimate of drug-likeness (QED) is 0.674. The van der Waals surface area contributed by atoms with E-state index in [9.17, 15) is 0 Å². The summed E-state index contributed by atoms with van der Waals surface area (Å²) in [6.07, 6.45) is 0. The van der Waals surface area contributed by atoms with Crippen LogP contribution >= 0.6 is 0 Å². The van der Waals surface area contributed by atoms with Gasteiger partial charge in [0.05, 0.1) is 19.8 Å². The van der Waals surface area contributed by atoms with Gasteiger partial charge in [0.15, 0.2) is 0 Å². The first-order chi connectivity index (χ1) is 8.13. The van der Waals surface area contributed by atoms with Gasteiger partial charge in [0.1, 0.15) is 5.75 Å². The summed E-state index contributed by atoms with van der Waals surface area (Å²) in [5.74, 6) is 0.838. The van der Waals surface area contributed by atoms with Crippen LogP contribution in [0, 0.1) is 5.41 Å². The maximum absolute atomic E-state index is 9.16. The van der Waals surface area contributed by atoms with Crippen molar-refractivity contribution in [2.24, 2.45) is 5.41 Å². The molecule has 1 aromatic carbocycles. The molecule has 0 spiro atoms. The molecule has 4 heteroatoms. The molecule has 0 saturated carbocycles. The van der Waals surface area contributed by atoms with Crippen molar-refractivity contribution in [1.29, 1.82) is 0 Å². The van der Waals surface area contributed by atoms with Crippen LogP contribution in [0.15, 0.2) is 24.3 Å². The second-order valence-electron chi connectivity index (χ2n) is 4.44. The molecule has 0 heterocycles. The van der Waals surface area contributed by atoms with E-state index in [1.54, 1.807) is 0 Å². The van der Waals surface area contributed by atoms with Crippen molar-refractivity contribution in [2.45, 2.75) is 13.8 Å². The predicted octanol–water partition coefficient (Wildman–Crippen LogP) is 1.49. The van der Waals surface area contributed by atoms with Gasteiger partial charge in [0.25, 0.3) is 0 Å². The Hall–Kier alpha value is -1.26. The highest BCUT2D eigenvalue weighted by Crippen LogP contribution is 2.19. The fourth-order valence-corrected chi connectivity index (χ4v) is 1.31. The first kappa shape index (κ1) is 13.8. The second kappa shape index (κ2) is 6.47. The van der Waals surface area contributed by atoms with Crippen LogP contribution < -0.4 is 10.1 Å². The fourth-order valence-electron chi connectivity index (χ4n) is 1.31. The lowest BCUT2D eigenvalue weighted by Gasteiger charge is -2.25. The van der Waals surface area contributed by atoms with Gasteiger partial charge in [-0.2, -0.15) is 0 Å². The minimum Gasteiger partial charge on any atom is -0.494 e. The zero-order valence-electron chi connectivity index (χ0n) is 10.4. The molecule has 1 aromatic rings. The molecule has 17 heavy (non-hydrogen) atoms. The van der Waals surface area contributed by atoms with Crippen LogP contribution in [0.2, 0.25) is 0 Å². The SMILES string of the molecule is CCOc1ccc(NCC(C)(CO)CO)cc1. The van der Waals surface area contributed by atoms with Crippen LogP contribution in [0.3, 0.4) is 0 Å². The summed E-state index contributed by atoms with van der Waals surface area (Å²) in [6, 6.07) is 7.61. The van der Waals surface area contributed by atoms with Gasteiger partial charge in [-0.25, -0.2) is 0 Å². The summed E-state index contributed by atoms with van der Waals surface area (Å²) in [5.41, 5.74) is 0.445. The van der Waals surface area contributed by atoms with E-state index < -0.39 is 5.41 Å². The molecule has 1 rings (SSSR count). The average molecular weight is 239 g/mol. The maximum atomic E-state index is 9.16. The van der Waals surface area contributed by atoms with E-state index in [1.165, 1.54) is 0 Å². The molecule has 0 bridgehead atoms. The molecule has 0 atom stereocenters. The van der Waals surface area contributed by atoms with E-state index in [0.29, 0.717) is 13.2 Å². The Morgan fingerprint density at radius 3 is 2.24 bits per heavy atom. The number of aliphatic hydroxyl groups is 2. The number of aliphatic hydroxyl groups excluding tert-OH is 2. The number of hydrogen-bond acceptors (Lipinski definition) is 4. The number of anilines is 1. The van der Waals surface area contributed by atoms with Crippen LogP contribution in [-0.4, -0.2) is 36.6 Å².